The van der Waals surface area contributed by atoms with Gasteiger partial charge < -0.3 is 5.73 Å². The minimum absolute atomic E-state index is 0.124. The van der Waals surface area contributed by atoms with Gasteiger partial charge in [-0.05, 0) is 67.2 Å². The van der Waals surface area contributed by atoms with Crippen molar-refractivity contribution in [3.05, 3.63) is 45.8 Å². The SMILES string of the molecule is CC(C)(C)n1nc(CCc2ccc(F)c(Br)c2)cc1N. The number of anilines is 1. The van der Waals surface area contributed by atoms with E-state index in [-0.39, 0.29) is 11.4 Å². The van der Waals surface area contributed by atoms with E-state index in [1.54, 1.807) is 12.1 Å². The zero-order valence-corrected chi connectivity index (χ0v) is 13.5. The minimum atomic E-state index is -0.241. The zero-order valence-electron chi connectivity index (χ0n) is 12.0. The fourth-order valence-corrected chi connectivity index (χ4v) is 2.50. The molecule has 0 aliphatic rings. The maximum absolute atomic E-state index is 13.2. The molecule has 0 bridgehead atoms. The van der Waals surface area contributed by atoms with Crippen LogP contribution in [0.1, 0.15) is 32.0 Å². The Morgan fingerprint density at radius 2 is 1.95 bits per heavy atom. The summed E-state index contributed by atoms with van der Waals surface area (Å²) in [5, 5.41) is 4.54. The molecule has 0 saturated heterocycles. The third-order valence-corrected chi connectivity index (χ3v) is 3.68. The summed E-state index contributed by atoms with van der Waals surface area (Å²) in [6, 6.07) is 6.98. The van der Waals surface area contributed by atoms with E-state index in [0.29, 0.717) is 10.3 Å². The van der Waals surface area contributed by atoms with Crippen LogP contribution < -0.4 is 5.73 Å². The van der Waals surface area contributed by atoms with E-state index in [2.05, 4.69) is 41.8 Å². The minimum Gasteiger partial charge on any atom is -0.384 e. The number of benzene rings is 1. The number of rotatable bonds is 3. The van der Waals surface area contributed by atoms with Gasteiger partial charge in [-0.3, -0.25) is 0 Å². The summed E-state index contributed by atoms with van der Waals surface area (Å²) in [6.45, 7) is 6.20. The molecule has 0 fully saturated rings. The molecule has 2 N–H and O–H groups in total. The number of nitrogens with two attached hydrogens (primary N) is 1. The molecular formula is C15H19BrFN3. The number of nitrogens with zero attached hydrogens (tertiary/aromatic N) is 2. The predicted octanol–water partition coefficient (Wildman–Crippen LogP) is 3.91. The average Bonchev–Trinajstić information content (AvgIpc) is 2.72. The highest BCUT2D eigenvalue weighted by molar-refractivity contribution is 9.10. The van der Waals surface area contributed by atoms with E-state index < -0.39 is 0 Å². The quantitative estimate of drug-likeness (QED) is 0.921. The largest absolute Gasteiger partial charge is 0.384 e. The smallest absolute Gasteiger partial charge is 0.137 e. The molecule has 1 aromatic heterocycles. The monoisotopic (exact) mass is 339 g/mol. The topological polar surface area (TPSA) is 43.8 Å². The van der Waals surface area contributed by atoms with Crippen LogP contribution in [0.25, 0.3) is 0 Å². The van der Waals surface area contributed by atoms with Crippen molar-refractivity contribution in [3.63, 3.8) is 0 Å². The Labute approximate surface area is 127 Å². The second-order valence-electron chi connectivity index (χ2n) is 5.89. The summed E-state index contributed by atoms with van der Waals surface area (Å²) in [7, 11) is 0. The highest BCUT2D eigenvalue weighted by atomic mass is 79.9. The first kappa shape index (κ1) is 15.0. The van der Waals surface area contributed by atoms with E-state index in [4.69, 9.17) is 5.73 Å². The molecule has 0 atom stereocenters. The zero-order chi connectivity index (χ0) is 14.9. The van der Waals surface area contributed by atoms with Crippen molar-refractivity contribution in [1.29, 1.82) is 0 Å². The van der Waals surface area contributed by atoms with Crippen LogP contribution in [0.4, 0.5) is 10.2 Å². The second kappa shape index (κ2) is 5.56. The van der Waals surface area contributed by atoms with Crippen molar-refractivity contribution in [2.45, 2.75) is 39.2 Å². The van der Waals surface area contributed by atoms with Crippen LogP contribution in [0.5, 0.6) is 0 Å². The average molecular weight is 340 g/mol. The van der Waals surface area contributed by atoms with Gasteiger partial charge in [0.15, 0.2) is 0 Å². The summed E-state index contributed by atoms with van der Waals surface area (Å²) in [5.74, 6) is 0.433. The molecule has 5 heteroatoms. The highest BCUT2D eigenvalue weighted by Gasteiger charge is 2.17. The molecule has 108 valence electrons. The fourth-order valence-electron chi connectivity index (χ4n) is 2.07. The molecule has 1 aromatic carbocycles. The Hall–Kier alpha value is -1.36. The number of nitrogen functional groups attached to an aromatic ring is 1. The third-order valence-electron chi connectivity index (χ3n) is 3.08. The van der Waals surface area contributed by atoms with Gasteiger partial charge in [0, 0.05) is 6.07 Å². The van der Waals surface area contributed by atoms with Crippen LogP contribution in [0.2, 0.25) is 0 Å². The molecule has 0 radical (unpaired) electrons. The first-order chi connectivity index (χ1) is 9.27. The first-order valence-electron chi connectivity index (χ1n) is 6.56. The van der Waals surface area contributed by atoms with Crippen LogP contribution in [0, 0.1) is 5.82 Å². The van der Waals surface area contributed by atoms with Crippen LogP contribution in [0.15, 0.2) is 28.7 Å². The van der Waals surface area contributed by atoms with Gasteiger partial charge in [-0.25, -0.2) is 9.07 Å². The van der Waals surface area contributed by atoms with Gasteiger partial charge in [0.1, 0.15) is 11.6 Å². The van der Waals surface area contributed by atoms with E-state index in [1.165, 1.54) is 6.07 Å². The van der Waals surface area contributed by atoms with Crippen molar-refractivity contribution in [2.75, 3.05) is 5.73 Å². The van der Waals surface area contributed by atoms with Crippen LogP contribution in [-0.4, -0.2) is 9.78 Å². The fraction of sp³-hybridized carbons (Fsp3) is 0.400. The molecule has 0 aliphatic heterocycles. The lowest BCUT2D eigenvalue weighted by molar-refractivity contribution is 0.359. The number of halogens is 2. The van der Waals surface area contributed by atoms with E-state index in [9.17, 15) is 4.39 Å². The molecule has 0 unspecified atom stereocenters. The first-order valence-corrected chi connectivity index (χ1v) is 7.35. The van der Waals surface area contributed by atoms with Crippen molar-refractivity contribution in [3.8, 4) is 0 Å². The molecule has 3 nitrogen and oxygen atoms in total. The molecule has 0 saturated carbocycles. The van der Waals surface area contributed by atoms with E-state index >= 15 is 0 Å². The van der Waals surface area contributed by atoms with Crippen molar-refractivity contribution in [1.82, 2.24) is 9.78 Å². The molecular weight excluding hydrogens is 321 g/mol. The van der Waals surface area contributed by atoms with Crippen molar-refractivity contribution >= 4 is 21.7 Å². The highest BCUT2D eigenvalue weighted by Crippen LogP contribution is 2.21. The molecule has 0 aliphatic carbocycles. The van der Waals surface area contributed by atoms with E-state index in [0.717, 1.165) is 24.1 Å². The van der Waals surface area contributed by atoms with Gasteiger partial charge in [-0.1, -0.05) is 6.07 Å². The van der Waals surface area contributed by atoms with Crippen LogP contribution in [-0.2, 0) is 18.4 Å². The second-order valence-corrected chi connectivity index (χ2v) is 6.75. The predicted molar refractivity (Wildman–Crippen MR) is 83.1 cm³/mol. The summed E-state index contributed by atoms with van der Waals surface area (Å²) in [6.07, 6.45) is 1.59. The van der Waals surface area contributed by atoms with Crippen LogP contribution in [0.3, 0.4) is 0 Å². The normalized spacial score (nSPS) is 11.8. The number of hydrogen-bond acceptors (Lipinski definition) is 2. The van der Waals surface area contributed by atoms with E-state index in [1.807, 2.05) is 10.7 Å². The Kier molecular flexibility index (Phi) is 4.18. The standard InChI is InChI=1S/C15H19BrFN3/c1-15(2,3)20-14(18)9-11(19-20)6-4-10-5-7-13(17)12(16)8-10/h5,7-9H,4,6,18H2,1-3H3. The maximum atomic E-state index is 13.2. The number of hydrogen-bond donors (Lipinski definition) is 1. The Bertz CT molecular complexity index is 614. The van der Waals surface area contributed by atoms with Gasteiger partial charge in [0.2, 0.25) is 0 Å². The Morgan fingerprint density at radius 1 is 1.25 bits per heavy atom. The van der Waals surface area contributed by atoms with Crippen LogP contribution >= 0.6 is 15.9 Å². The Balaban J connectivity index is 2.09. The summed E-state index contributed by atoms with van der Waals surface area (Å²) >= 11 is 3.20. The van der Waals surface area contributed by atoms with Gasteiger partial charge in [-0.2, -0.15) is 5.10 Å². The van der Waals surface area contributed by atoms with Crippen molar-refractivity contribution < 1.29 is 4.39 Å². The molecule has 0 amide bonds. The summed E-state index contributed by atoms with van der Waals surface area (Å²) in [5.41, 5.74) is 7.89. The van der Waals surface area contributed by atoms with Crippen molar-refractivity contribution in [2.24, 2.45) is 0 Å². The number of aryl methyl sites for hydroxylation is 2. The Morgan fingerprint density at radius 3 is 2.50 bits per heavy atom. The van der Waals surface area contributed by atoms with Gasteiger partial charge in [0.05, 0.1) is 15.7 Å². The lowest BCUT2D eigenvalue weighted by Crippen LogP contribution is -2.24. The summed E-state index contributed by atoms with van der Waals surface area (Å²) in [4.78, 5) is 0. The van der Waals surface area contributed by atoms with Gasteiger partial charge in [0.25, 0.3) is 0 Å². The molecule has 0 spiro atoms. The summed E-state index contributed by atoms with van der Waals surface area (Å²) < 4.78 is 15.5. The maximum Gasteiger partial charge on any atom is 0.137 e. The molecule has 2 aromatic rings. The molecule has 2 rings (SSSR count). The third kappa shape index (κ3) is 3.39. The lowest BCUT2D eigenvalue weighted by Gasteiger charge is -2.20. The van der Waals surface area contributed by atoms with Gasteiger partial charge in [-0.15, -0.1) is 0 Å². The van der Waals surface area contributed by atoms with Gasteiger partial charge >= 0.3 is 0 Å². The lowest BCUT2D eigenvalue weighted by atomic mass is 10.1. The number of aromatic nitrogens is 2. The molecule has 20 heavy (non-hydrogen) atoms. The molecule has 1 heterocycles.